The molecule has 2 amide bonds. The van der Waals surface area contributed by atoms with E-state index < -0.39 is 20.1 Å². The van der Waals surface area contributed by atoms with Gasteiger partial charge < -0.3 is 14.4 Å². The van der Waals surface area contributed by atoms with Crippen molar-refractivity contribution in [3.05, 3.63) is 28.3 Å². The van der Waals surface area contributed by atoms with Crippen molar-refractivity contribution < 1.29 is 14.3 Å². The predicted molar refractivity (Wildman–Crippen MR) is 121 cm³/mol. The zero-order valence-electron chi connectivity index (χ0n) is 18.9. The summed E-state index contributed by atoms with van der Waals surface area (Å²) in [6.07, 6.45) is 1.07. The molecule has 0 unspecified atom stereocenters. The summed E-state index contributed by atoms with van der Waals surface area (Å²) in [6.45, 7) is 12.7. The Morgan fingerprint density at radius 3 is 2.57 bits per heavy atom. The monoisotopic (exact) mass is 449 g/mol. The fourth-order valence-electron chi connectivity index (χ4n) is 4.45. The second kappa shape index (κ2) is 7.52. The maximum atomic E-state index is 13.3. The fraction of sp³-hybridized carbons (Fsp3) is 0.636. The number of rotatable bonds is 3. The number of benzene rings is 1. The number of hydrogen-bond donors (Lipinski definition) is 1. The first-order valence-corrected chi connectivity index (χ1v) is 13.7. The van der Waals surface area contributed by atoms with Crippen LogP contribution in [0.25, 0.3) is 0 Å². The van der Waals surface area contributed by atoms with Crippen LogP contribution in [-0.2, 0) is 4.43 Å². The highest BCUT2D eigenvalue weighted by Crippen LogP contribution is 2.50. The summed E-state index contributed by atoms with van der Waals surface area (Å²) in [4.78, 5) is 16.4. The molecule has 1 aromatic carbocycles. The van der Waals surface area contributed by atoms with Gasteiger partial charge in [-0.25, -0.2) is 4.79 Å². The van der Waals surface area contributed by atoms with Gasteiger partial charge in [-0.2, -0.15) is 5.26 Å². The van der Waals surface area contributed by atoms with E-state index in [-0.39, 0.29) is 17.2 Å². The van der Waals surface area contributed by atoms with Crippen molar-refractivity contribution in [2.24, 2.45) is 0 Å². The first-order chi connectivity index (χ1) is 13.8. The molecule has 2 fully saturated rings. The number of nitriles is 1. The van der Waals surface area contributed by atoms with Gasteiger partial charge >= 0.3 is 6.03 Å². The number of aliphatic hydroxyl groups excluding tert-OH is 1. The van der Waals surface area contributed by atoms with Crippen LogP contribution in [0.3, 0.4) is 0 Å². The maximum Gasteiger partial charge on any atom is 0.327 e. The van der Waals surface area contributed by atoms with Crippen molar-refractivity contribution in [3.63, 3.8) is 0 Å². The smallest absolute Gasteiger partial charge is 0.327 e. The van der Waals surface area contributed by atoms with Crippen molar-refractivity contribution in [2.75, 3.05) is 11.9 Å². The van der Waals surface area contributed by atoms with Crippen molar-refractivity contribution >= 4 is 31.6 Å². The minimum atomic E-state index is -2.10. The third-order valence-electron chi connectivity index (χ3n) is 7.39. The number of amides is 2. The molecule has 1 aliphatic heterocycles. The number of likely N-dealkylation sites (N-methyl/N-ethyl adjacent to an activating group) is 1. The van der Waals surface area contributed by atoms with Crippen LogP contribution >= 0.6 is 11.6 Å². The minimum Gasteiger partial charge on any atom is -0.411 e. The van der Waals surface area contributed by atoms with Crippen molar-refractivity contribution in [1.82, 2.24) is 4.90 Å². The van der Waals surface area contributed by atoms with Gasteiger partial charge in [0.15, 0.2) is 14.5 Å². The highest BCUT2D eigenvalue weighted by atomic mass is 35.5. The Labute approximate surface area is 185 Å². The summed E-state index contributed by atoms with van der Waals surface area (Å²) in [5.74, 6) is 0. The van der Waals surface area contributed by atoms with E-state index >= 15 is 0 Å². The van der Waals surface area contributed by atoms with E-state index in [0.717, 1.165) is 12.8 Å². The SMILES string of the molecule is Cc1c(N2C(=O)N(C)[C@]3(CCC[C@@H]3O[Si](C)(C)C(C)(C)C)[C@H]2O)ccc(C#N)c1Cl. The van der Waals surface area contributed by atoms with Crippen LogP contribution in [0.15, 0.2) is 12.1 Å². The molecule has 0 aromatic heterocycles. The highest BCUT2D eigenvalue weighted by Gasteiger charge is 2.63. The molecule has 1 saturated heterocycles. The molecule has 3 rings (SSSR count). The first kappa shape index (κ1) is 23.1. The topological polar surface area (TPSA) is 76.8 Å². The van der Waals surface area contributed by atoms with Gasteiger partial charge in [0.2, 0.25) is 0 Å². The van der Waals surface area contributed by atoms with E-state index in [9.17, 15) is 15.2 Å². The molecule has 164 valence electrons. The molecule has 8 heteroatoms. The molecule has 3 atom stereocenters. The quantitative estimate of drug-likeness (QED) is 0.657. The van der Waals surface area contributed by atoms with Crippen LogP contribution < -0.4 is 4.90 Å². The van der Waals surface area contributed by atoms with Crippen LogP contribution in [0, 0.1) is 18.3 Å². The molecular formula is C22H32ClN3O3Si. The Morgan fingerprint density at radius 1 is 1.37 bits per heavy atom. The van der Waals surface area contributed by atoms with Gasteiger partial charge in [0.25, 0.3) is 0 Å². The van der Waals surface area contributed by atoms with Crippen LogP contribution in [0.1, 0.15) is 51.2 Å². The van der Waals surface area contributed by atoms with E-state index in [1.54, 1.807) is 31.0 Å². The van der Waals surface area contributed by atoms with E-state index in [2.05, 4.69) is 39.9 Å². The van der Waals surface area contributed by atoms with E-state index in [1.165, 1.54) is 4.90 Å². The first-order valence-electron chi connectivity index (χ1n) is 10.4. The Balaban J connectivity index is 2.03. The third kappa shape index (κ3) is 3.25. The van der Waals surface area contributed by atoms with Crippen molar-refractivity contribution in [2.45, 2.75) is 83.0 Å². The molecule has 0 radical (unpaired) electrons. The van der Waals surface area contributed by atoms with E-state index in [1.807, 2.05) is 0 Å². The average molecular weight is 450 g/mol. The van der Waals surface area contributed by atoms with E-state index in [4.69, 9.17) is 16.0 Å². The summed E-state index contributed by atoms with van der Waals surface area (Å²) in [7, 11) is -0.354. The molecule has 0 bridgehead atoms. The number of anilines is 1. The van der Waals surface area contributed by atoms with Gasteiger partial charge in [0.1, 0.15) is 11.6 Å². The van der Waals surface area contributed by atoms with Gasteiger partial charge in [0.05, 0.1) is 22.4 Å². The van der Waals surface area contributed by atoms with Crippen LogP contribution in [0.4, 0.5) is 10.5 Å². The number of aliphatic hydroxyl groups is 1. The Bertz CT molecular complexity index is 908. The summed E-state index contributed by atoms with van der Waals surface area (Å²) in [5, 5.41) is 21.1. The number of carbonyl (C=O) groups excluding carboxylic acids is 1. The normalized spacial score (nSPS) is 27.3. The third-order valence-corrected chi connectivity index (χ3v) is 12.4. The minimum absolute atomic E-state index is 0.0276. The number of carbonyl (C=O) groups is 1. The van der Waals surface area contributed by atoms with Gasteiger partial charge in [-0.1, -0.05) is 32.4 Å². The Morgan fingerprint density at radius 2 is 2.00 bits per heavy atom. The van der Waals surface area contributed by atoms with Crippen molar-refractivity contribution in [3.8, 4) is 6.07 Å². The van der Waals surface area contributed by atoms with Gasteiger partial charge in [0, 0.05) is 7.05 Å². The van der Waals surface area contributed by atoms with Crippen molar-refractivity contribution in [1.29, 1.82) is 5.26 Å². The van der Waals surface area contributed by atoms with Gasteiger partial charge in [-0.05, 0) is 62.0 Å². The lowest BCUT2D eigenvalue weighted by atomic mass is 9.92. The molecule has 6 nitrogen and oxygen atoms in total. The Hall–Kier alpha value is -1.59. The molecule has 1 heterocycles. The summed E-state index contributed by atoms with van der Waals surface area (Å²) >= 11 is 6.35. The zero-order chi connectivity index (χ0) is 22.6. The lowest BCUT2D eigenvalue weighted by Gasteiger charge is -2.45. The standard InChI is InChI=1S/C22H32ClN3O3Si/c1-14-16(11-10-15(13-24)18(14)23)26-19(27)22(25(5)20(26)28)12-8-9-17(22)29-30(6,7)21(2,3)4/h10-11,17,19,27H,8-9,12H2,1-7H3/t17-,19+,22-/m0/s1. The molecule has 30 heavy (non-hydrogen) atoms. The molecule has 1 spiro atoms. The highest BCUT2D eigenvalue weighted by molar-refractivity contribution is 6.74. The second-order valence-corrected chi connectivity index (χ2v) is 15.2. The van der Waals surface area contributed by atoms with Crippen LogP contribution in [0.2, 0.25) is 23.2 Å². The molecule has 1 saturated carbocycles. The molecule has 1 aliphatic carbocycles. The summed E-state index contributed by atoms with van der Waals surface area (Å²) < 4.78 is 6.75. The van der Waals surface area contributed by atoms with Gasteiger partial charge in [-0.15, -0.1) is 0 Å². The number of nitrogens with zero attached hydrogens (tertiary/aromatic N) is 3. The second-order valence-electron chi connectivity index (χ2n) is 10.0. The molecule has 1 aromatic rings. The summed E-state index contributed by atoms with van der Waals surface area (Å²) in [5.41, 5.74) is 0.674. The zero-order valence-corrected chi connectivity index (χ0v) is 20.7. The largest absolute Gasteiger partial charge is 0.411 e. The lowest BCUT2D eigenvalue weighted by molar-refractivity contribution is -0.0252. The lowest BCUT2D eigenvalue weighted by Crippen LogP contribution is -2.60. The molecule has 1 N–H and O–H groups in total. The molecule has 2 aliphatic rings. The van der Waals surface area contributed by atoms with Gasteiger partial charge in [-0.3, -0.25) is 4.90 Å². The number of halogens is 1. The summed E-state index contributed by atoms with van der Waals surface area (Å²) in [6, 6.07) is 5.05. The number of hydrogen-bond acceptors (Lipinski definition) is 4. The van der Waals surface area contributed by atoms with Crippen LogP contribution in [-0.4, -0.2) is 49.3 Å². The predicted octanol–water partition coefficient (Wildman–Crippen LogP) is 5.02. The average Bonchev–Trinajstić information content (AvgIpc) is 3.14. The molecular weight excluding hydrogens is 418 g/mol. The maximum absolute atomic E-state index is 13.3. The van der Waals surface area contributed by atoms with E-state index in [0.29, 0.717) is 28.3 Å². The fourth-order valence-corrected chi connectivity index (χ4v) is 6.04. The Kier molecular flexibility index (Phi) is 5.79. The van der Waals surface area contributed by atoms with Crippen LogP contribution in [0.5, 0.6) is 0 Å². The number of urea groups is 1.